The van der Waals surface area contributed by atoms with Gasteiger partial charge in [0, 0.05) is 36.0 Å². The smallest absolute Gasteiger partial charge is 0.255 e. The van der Waals surface area contributed by atoms with Crippen LogP contribution in [0.4, 0.5) is 5.82 Å². The largest absolute Gasteiger partial charge is 0.507 e. The number of amides is 1. The number of carbonyl (C=O) groups is 1. The number of carbonyl (C=O) groups excluding carboxylic acids is 1. The van der Waals surface area contributed by atoms with Gasteiger partial charge in [0.25, 0.3) is 5.91 Å². The topological polar surface area (TPSA) is 82.8 Å². The van der Waals surface area contributed by atoms with E-state index >= 15 is 0 Å². The Hall–Kier alpha value is -2.61. The minimum atomic E-state index is -0.274. The minimum absolute atomic E-state index is 0.00571. The molecule has 25 heavy (non-hydrogen) atoms. The number of imidazole rings is 1. The minimum Gasteiger partial charge on any atom is -0.507 e. The molecule has 1 aliphatic rings. The quantitative estimate of drug-likeness (QED) is 0.702. The first-order valence-corrected chi connectivity index (χ1v) is 8.74. The van der Waals surface area contributed by atoms with Gasteiger partial charge in [0.05, 0.1) is 5.56 Å². The standard InChI is InChI=1S/C17H16BrN5O2/c18-11-1-2-14(24)13(9-11)17(25)20-12-5-7-22(10-12)16-4-3-15-19-6-8-23(15)21-16/h1-4,6,8-9,12,24H,5,7,10H2,(H,20,25)/t12-/m0/s1. The van der Waals surface area contributed by atoms with Crippen LogP contribution in [-0.4, -0.2) is 44.7 Å². The summed E-state index contributed by atoms with van der Waals surface area (Å²) in [6.07, 6.45) is 4.35. The lowest BCUT2D eigenvalue weighted by molar-refractivity contribution is 0.0937. The lowest BCUT2D eigenvalue weighted by Gasteiger charge is -2.18. The molecule has 2 aromatic heterocycles. The Bertz CT molecular complexity index is 942. The Morgan fingerprint density at radius 1 is 1.32 bits per heavy atom. The number of benzene rings is 1. The number of nitrogens with one attached hydrogen (secondary N) is 1. The number of aromatic nitrogens is 3. The van der Waals surface area contributed by atoms with E-state index in [-0.39, 0.29) is 23.3 Å². The number of rotatable bonds is 3. The zero-order chi connectivity index (χ0) is 17.4. The summed E-state index contributed by atoms with van der Waals surface area (Å²) in [4.78, 5) is 18.7. The maximum absolute atomic E-state index is 12.4. The van der Waals surface area contributed by atoms with Crippen LogP contribution >= 0.6 is 15.9 Å². The van der Waals surface area contributed by atoms with Gasteiger partial charge in [0.1, 0.15) is 11.6 Å². The van der Waals surface area contributed by atoms with Gasteiger partial charge in [-0.25, -0.2) is 9.50 Å². The van der Waals surface area contributed by atoms with Crippen molar-refractivity contribution in [1.82, 2.24) is 19.9 Å². The Labute approximate surface area is 152 Å². The van der Waals surface area contributed by atoms with Gasteiger partial charge in [-0.3, -0.25) is 4.79 Å². The predicted molar refractivity (Wildman–Crippen MR) is 96.9 cm³/mol. The number of hydrogen-bond donors (Lipinski definition) is 2. The molecule has 0 aliphatic carbocycles. The van der Waals surface area contributed by atoms with Crippen molar-refractivity contribution in [3.8, 4) is 5.75 Å². The second-order valence-electron chi connectivity index (χ2n) is 5.99. The summed E-state index contributed by atoms with van der Waals surface area (Å²) in [5.74, 6) is 0.555. The summed E-state index contributed by atoms with van der Waals surface area (Å²) in [6, 6.07) is 8.68. The number of hydrogen-bond acceptors (Lipinski definition) is 5. The van der Waals surface area contributed by atoms with Crippen LogP contribution in [-0.2, 0) is 0 Å². The summed E-state index contributed by atoms with van der Waals surface area (Å²) < 4.78 is 2.49. The van der Waals surface area contributed by atoms with Crippen LogP contribution in [0.2, 0.25) is 0 Å². The first-order valence-electron chi connectivity index (χ1n) is 7.95. The molecule has 0 unspecified atom stereocenters. The highest BCUT2D eigenvalue weighted by molar-refractivity contribution is 9.10. The predicted octanol–water partition coefficient (Wildman–Crippen LogP) is 2.21. The molecule has 1 aromatic carbocycles. The summed E-state index contributed by atoms with van der Waals surface area (Å²) in [5.41, 5.74) is 1.07. The van der Waals surface area contributed by atoms with Gasteiger partial charge in [-0.2, -0.15) is 0 Å². The molecule has 0 saturated carbocycles. The van der Waals surface area contributed by atoms with Crippen LogP contribution in [0.5, 0.6) is 5.75 Å². The molecule has 7 nitrogen and oxygen atoms in total. The van der Waals surface area contributed by atoms with Crippen molar-refractivity contribution < 1.29 is 9.90 Å². The third-order valence-electron chi connectivity index (χ3n) is 4.29. The molecule has 1 fully saturated rings. The van der Waals surface area contributed by atoms with Crippen molar-refractivity contribution >= 4 is 33.3 Å². The summed E-state index contributed by atoms with van der Waals surface area (Å²) in [6.45, 7) is 1.48. The highest BCUT2D eigenvalue weighted by Gasteiger charge is 2.26. The lowest BCUT2D eigenvalue weighted by atomic mass is 10.1. The van der Waals surface area contributed by atoms with Gasteiger partial charge in [-0.15, -0.1) is 5.10 Å². The Kier molecular flexibility index (Phi) is 4.04. The second kappa shape index (κ2) is 6.36. The molecular formula is C17H16BrN5O2. The first kappa shape index (κ1) is 15.9. The molecule has 128 valence electrons. The maximum Gasteiger partial charge on any atom is 0.255 e. The van der Waals surface area contributed by atoms with Gasteiger partial charge < -0.3 is 15.3 Å². The van der Waals surface area contributed by atoms with Crippen molar-refractivity contribution in [2.75, 3.05) is 18.0 Å². The zero-order valence-electron chi connectivity index (χ0n) is 13.3. The molecule has 0 spiro atoms. The van der Waals surface area contributed by atoms with E-state index in [1.165, 1.54) is 6.07 Å². The molecule has 0 bridgehead atoms. The van der Waals surface area contributed by atoms with Gasteiger partial charge in [0.15, 0.2) is 5.65 Å². The van der Waals surface area contributed by atoms with Gasteiger partial charge in [-0.1, -0.05) is 15.9 Å². The van der Waals surface area contributed by atoms with E-state index < -0.39 is 0 Å². The molecule has 4 rings (SSSR count). The molecule has 1 amide bonds. The molecule has 2 N–H and O–H groups in total. The highest BCUT2D eigenvalue weighted by Crippen LogP contribution is 2.23. The summed E-state index contributed by atoms with van der Waals surface area (Å²) >= 11 is 3.32. The van der Waals surface area contributed by atoms with E-state index in [0.29, 0.717) is 6.54 Å². The first-order chi connectivity index (χ1) is 12.1. The maximum atomic E-state index is 12.4. The molecule has 1 saturated heterocycles. The van der Waals surface area contributed by atoms with E-state index in [4.69, 9.17) is 0 Å². The Morgan fingerprint density at radius 3 is 3.08 bits per heavy atom. The molecule has 1 atom stereocenters. The van der Waals surface area contributed by atoms with Crippen LogP contribution in [0.15, 0.2) is 47.2 Å². The van der Waals surface area contributed by atoms with Crippen molar-refractivity contribution in [3.05, 3.63) is 52.8 Å². The van der Waals surface area contributed by atoms with E-state index in [9.17, 15) is 9.90 Å². The fourth-order valence-corrected chi connectivity index (χ4v) is 3.37. The van der Waals surface area contributed by atoms with Gasteiger partial charge in [-0.05, 0) is 36.8 Å². The molecule has 3 heterocycles. The monoisotopic (exact) mass is 401 g/mol. The molecule has 3 aromatic rings. The zero-order valence-corrected chi connectivity index (χ0v) is 14.8. The average Bonchev–Trinajstić information content (AvgIpc) is 3.25. The van der Waals surface area contributed by atoms with Crippen LogP contribution in [0.25, 0.3) is 5.65 Å². The van der Waals surface area contributed by atoms with E-state index in [0.717, 1.165) is 28.9 Å². The van der Waals surface area contributed by atoms with Gasteiger partial charge in [0.2, 0.25) is 0 Å². The SMILES string of the molecule is O=C(N[C@H]1CCN(c2ccc3nccn3n2)C1)c1cc(Br)ccc1O. The number of fused-ring (bicyclic) bond motifs is 1. The fourth-order valence-electron chi connectivity index (χ4n) is 3.01. The Morgan fingerprint density at radius 2 is 2.20 bits per heavy atom. The fraction of sp³-hybridized carbons (Fsp3) is 0.235. The number of aromatic hydroxyl groups is 1. The van der Waals surface area contributed by atoms with Crippen LogP contribution in [0, 0.1) is 0 Å². The second-order valence-corrected chi connectivity index (χ2v) is 6.90. The van der Waals surface area contributed by atoms with Crippen LogP contribution in [0.3, 0.4) is 0 Å². The van der Waals surface area contributed by atoms with Crippen molar-refractivity contribution in [2.45, 2.75) is 12.5 Å². The highest BCUT2D eigenvalue weighted by atomic mass is 79.9. The van der Waals surface area contributed by atoms with Crippen molar-refractivity contribution in [2.24, 2.45) is 0 Å². The van der Waals surface area contributed by atoms with E-state index in [2.05, 4.69) is 36.2 Å². The number of phenols is 1. The van der Waals surface area contributed by atoms with Crippen molar-refractivity contribution in [3.63, 3.8) is 0 Å². The molecule has 1 aliphatic heterocycles. The lowest BCUT2D eigenvalue weighted by Crippen LogP contribution is -2.37. The third-order valence-corrected chi connectivity index (χ3v) is 4.79. The van der Waals surface area contributed by atoms with Crippen LogP contribution in [0.1, 0.15) is 16.8 Å². The molecule has 0 radical (unpaired) electrons. The van der Waals surface area contributed by atoms with Crippen LogP contribution < -0.4 is 10.2 Å². The average molecular weight is 402 g/mol. The van der Waals surface area contributed by atoms with E-state index in [1.807, 2.05) is 18.3 Å². The van der Waals surface area contributed by atoms with Crippen molar-refractivity contribution in [1.29, 1.82) is 0 Å². The van der Waals surface area contributed by atoms with E-state index in [1.54, 1.807) is 22.8 Å². The number of nitrogens with zero attached hydrogens (tertiary/aromatic N) is 4. The molecular weight excluding hydrogens is 386 g/mol. The third kappa shape index (κ3) is 3.17. The number of phenolic OH excluding ortho intramolecular Hbond substituents is 1. The summed E-state index contributed by atoms with van der Waals surface area (Å²) in [5, 5.41) is 17.4. The molecule has 8 heteroatoms. The normalized spacial score (nSPS) is 17.2. The number of halogens is 1. The summed E-state index contributed by atoms with van der Waals surface area (Å²) in [7, 11) is 0. The van der Waals surface area contributed by atoms with Gasteiger partial charge >= 0.3 is 0 Å². The Balaban J connectivity index is 1.45. The number of anilines is 1.